The highest BCUT2D eigenvalue weighted by atomic mass is 32.1. The second-order valence-corrected chi connectivity index (χ2v) is 7.15. The fourth-order valence-corrected chi connectivity index (χ4v) is 3.98. The average Bonchev–Trinajstić information content (AvgIpc) is 3.19. The van der Waals surface area contributed by atoms with E-state index in [-0.39, 0.29) is 0 Å². The number of anilines is 1. The van der Waals surface area contributed by atoms with Gasteiger partial charge in [-0.25, -0.2) is 4.98 Å². The van der Waals surface area contributed by atoms with Gasteiger partial charge < -0.3 is 4.90 Å². The molecule has 1 saturated heterocycles. The van der Waals surface area contributed by atoms with Gasteiger partial charge in [0.25, 0.3) is 0 Å². The highest BCUT2D eigenvalue weighted by Gasteiger charge is 2.19. The molecule has 0 atom stereocenters. The Morgan fingerprint density at radius 2 is 1.56 bits per heavy atom. The van der Waals surface area contributed by atoms with Crippen molar-refractivity contribution >= 4 is 16.5 Å². The molecule has 0 amide bonds. The first-order chi connectivity index (χ1) is 12.4. The molecule has 0 N–H and O–H groups in total. The number of thiazole rings is 1. The molecule has 1 aliphatic rings. The Bertz CT molecular complexity index is 777. The van der Waals surface area contributed by atoms with Crippen LogP contribution in [0.5, 0.6) is 0 Å². The molecule has 1 aliphatic heterocycles. The minimum atomic E-state index is 0.965. The third kappa shape index (κ3) is 4.09. The largest absolute Gasteiger partial charge is 0.345 e. The first-order valence-corrected chi connectivity index (χ1v) is 9.65. The van der Waals surface area contributed by atoms with Crippen LogP contribution in [-0.2, 0) is 6.42 Å². The zero-order chi connectivity index (χ0) is 16.9. The van der Waals surface area contributed by atoms with Crippen LogP contribution in [0.15, 0.2) is 60.7 Å². The second kappa shape index (κ2) is 7.81. The molecule has 3 nitrogen and oxygen atoms in total. The molecule has 0 saturated carbocycles. The van der Waals surface area contributed by atoms with E-state index in [0.717, 1.165) is 55.5 Å². The minimum Gasteiger partial charge on any atom is -0.345 e. The molecule has 25 heavy (non-hydrogen) atoms. The van der Waals surface area contributed by atoms with Crippen LogP contribution >= 0.6 is 11.3 Å². The van der Waals surface area contributed by atoms with E-state index in [2.05, 4.69) is 57.6 Å². The van der Waals surface area contributed by atoms with Crippen LogP contribution in [0.3, 0.4) is 0 Å². The van der Waals surface area contributed by atoms with Gasteiger partial charge in [-0.3, -0.25) is 4.90 Å². The molecule has 2 aromatic carbocycles. The molecule has 4 rings (SSSR count). The van der Waals surface area contributed by atoms with E-state index < -0.39 is 0 Å². The van der Waals surface area contributed by atoms with Crippen molar-refractivity contribution < 1.29 is 0 Å². The summed E-state index contributed by atoms with van der Waals surface area (Å²) in [5, 5.41) is 4.45. The van der Waals surface area contributed by atoms with Crippen LogP contribution in [0.1, 0.15) is 5.56 Å². The summed E-state index contributed by atoms with van der Waals surface area (Å²) in [7, 11) is 0. The molecule has 0 aliphatic carbocycles. The van der Waals surface area contributed by atoms with Gasteiger partial charge in [0, 0.05) is 38.3 Å². The lowest BCUT2D eigenvalue weighted by Crippen LogP contribution is -2.46. The Morgan fingerprint density at radius 3 is 2.28 bits per heavy atom. The van der Waals surface area contributed by atoms with Gasteiger partial charge in [-0.1, -0.05) is 72.0 Å². The molecule has 1 aromatic heterocycles. The molecule has 1 fully saturated rings. The number of rotatable bonds is 5. The average molecular weight is 348 g/mol. The number of aromatic nitrogens is 1. The second-order valence-electron chi connectivity index (χ2n) is 6.38. The molecule has 1 radical (unpaired) electrons. The van der Waals surface area contributed by atoms with Gasteiger partial charge in [-0.15, -0.1) is 0 Å². The molecule has 2 heterocycles. The van der Waals surface area contributed by atoms with Gasteiger partial charge in [0.1, 0.15) is 0 Å². The maximum Gasteiger partial charge on any atom is 0.186 e. The highest BCUT2D eigenvalue weighted by Crippen LogP contribution is 2.27. The number of nitrogens with zero attached hydrogens (tertiary/aromatic N) is 3. The Morgan fingerprint density at radius 1 is 0.880 bits per heavy atom. The van der Waals surface area contributed by atoms with E-state index in [9.17, 15) is 0 Å². The van der Waals surface area contributed by atoms with Gasteiger partial charge in [0.05, 0.1) is 11.1 Å². The SMILES string of the molecule is [c]1sc(N2CCN(CCc3ccccc3)CC2)nc1-c1ccccc1. The standard InChI is InChI=1S/C21H22N3S/c1-3-7-18(8-4-1)11-12-23-13-15-24(16-14-23)21-22-20(17-25-21)19-9-5-2-6-10-19/h1-10H,11-16H2. The molecule has 0 bridgehead atoms. The maximum atomic E-state index is 4.79. The van der Waals surface area contributed by atoms with Crippen molar-refractivity contribution in [2.75, 3.05) is 37.6 Å². The minimum absolute atomic E-state index is 0.965. The zero-order valence-corrected chi connectivity index (χ0v) is 15.1. The summed E-state index contributed by atoms with van der Waals surface area (Å²) in [6, 6.07) is 21.1. The van der Waals surface area contributed by atoms with E-state index in [1.54, 1.807) is 11.3 Å². The lowest BCUT2D eigenvalue weighted by atomic mass is 10.1. The van der Waals surface area contributed by atoms with Crippen molar-refractivity contribution in [1.29, 1.82) is 0 Å². The van der Waals surface area contributed by atoms with Crippen molar-refractivity contribution in [2.24, 2.45) is 0 Å². The monoisotopic (exact) mass is 348 g/mol. The molecule has 0 unspecified atom stereocenters. The van der Waals surface area contributed by atoms with E-state index in [1.807, 2.05) is 18.2 Å². The van der Waals surface area contributed by atoms with Crippen molar-refractivity contribution in [1.82, 2.24) is 9.88 Å². The van der Waals surface area contributed by atoms with Crippen molar-refractivity contribution in [3.63, 3.8) is 0 Å². The van der Waals surface area contributed by atoms with Gasteiger partial charge in [-0.05, 0) is 12.0 Å². The van der Waals surface area contributed by atoms with Gasteiger partial charge in [0.15, 0.2) is 5.13 Å². The van der Waals surface area contributed by atoms with Gasteiger partial charge in [0.2, 0.25) is 0 Å². The first-order valence-electron chi connectivity index (χ1n) is 8.84. The van der Waals surface area contributed by atoms with Crippen LogP contribution in [0.2, 0.25) is 0 Å². The lowest BCUT2D eigenvalue weighted by molar-refractivity contribution is 0.261. The van der Waals surface area contributed by atoms with E-state index >= 15 is 0 Å². The molecule has 3 aromatic rings. The Balaban J connectivity index is 1.31. The zero-order valence-electron chi connectivity index (χ0n) is 14.3. The molecule has 4 heteroatoms. The smallest absolute Gasteiger partial charge is 0.186 e. The summed E-state index contributed by atoms with van der Waals surface area (Å²) >= 11 is 1.63. The van der Waals surface area contributed by atoms with Gasteiger partial charge >= 0.3 is 0 Å². The van der Waals surface area contributed by atoms with Crippen LogP contribution < -0.4 is 4.90 Å². The molecule has 127 valence electrons. The topological polar surface area (TPSA) is 19.4 Å². The van der Waals surface area contributed by atoms with Crippen LogP contribution in [0.4, 0.5) is 5.13 Å². The molecular formula is C21H22N3S. The normalized spacial score (nSPS) is 15.4. The predicted molar refractivity (Wildman–Crippen MR) is 105 cm³/mol. The van der Waals surface area contributed by atoms with E-state index in [1.165, 1.54) is 5.56 Å². The highest BCUT2D eigenvalue weighted by molar-refractivity contribution is 7.13. The summed E-state index contributed by atoms with van der Waals surface area (Å²) in [6.45, 7) is 5.44. The third-order valence-electron chi connectivity index (χ3n) is 4.70. The Labute approximate surface area is 153 Å². The quantitative estimate of drug-likeness (QED) is 0.695. The lowest BCUT2D eigenvalue weighted by Gasteiger charge is -2.34. The summed E-state index contributed by atoms with van der Waals surface area (Å²) in [5.41, 5.74) is 3.53. The molecular weight excluding hydrogens is 326 g/mol. The van der Waals surface area contributed by atoms with Gasteiger partial charge in [-0.2, -0.15) is 0 Å². The Kier molecular flexibility index (Phi) is 5.09. The fraction of sp³-hybridized carbons (Fsp3) is 0.286. The maximum absolute atomic E-state index is 4.79. The molecule has 0 spiro atoms. The van der Waals surface area contributed by atoms with Crippen LogP contribution in [0.25, 0.3) is 11.3 Å². The summed E-state index contributed by atoms with van der Waals surface area (Å²) < 4.78 is 0. The van der Waals surface area contributed by atoms with Crippen LogP contribution in [0, 0.1) is 5.38 Å². The third-order valence-corrected chi connectivity index (χ3v) is 5.52. The Hall–Kier alpha value is -2.17. The number of benzene rings is 2. The summed E-state index contributed by atoms with van der Waals surface area (Å²) in [6.07, 6.45) is 1.13. The van der Waals surface area contributed by atoms with Crippen LogP contribution in [-0.4, -0.2) is 42.6 Å². The predicted octanol–water partition coefficient (Wildman–Crippen LogP) is 3.97. The fourth-order valence-electron chi connectivity index (χ4n) is 3.18. The first kappa shape index (κ1) is 16.3. The van der Waals surface area contributed by atoms with Crippen molar-refractivity contribution in [3.05, 3.63) is 71.6 Å². The number of piperazine rings is 1. The van der Waals surface area contributed by atoms with Crippen molar-refractivity contribution in [2.45, 2.75) is 6.42 Å². The summed E-state index contributed by atoms with van der Waals surface area (Å²) in [4.78, 5) is 9.74. The van der Waals surface area contributed by atoms with Crippen molar-refractivity contribution in [3.8, 4) is 11.3 Å². The summed E-state index contributed by atoms with van der Waals surface area (Å²) in [5.74, 6) is 0. The van der Waals surface area contributed by atoms with E-state index in [4.69, 9.17) is 4.98 Å². The van der Waals surface area contributed by atoms with E-state index in [0.29, 0.717) is 0 Å². The number of hydrogen-bond acceptors (Lipinski definition) is 4. The number of hydrogen-bond donors (Lipinski definition) is 0.